The lowest BCUT2D eigenvalue weighted by Gasteiger charge is -2.28. The molecule has 1 rings (SSSR count). The molecule has 1 aliphatic heterocycles. The summed E-state index contributed by atoms with van der Waals surface area (Å²) in [6.07, 6.45) is 7.61. The summed E-state index contributed by atoms with van der Waals surface area (Å²) in [6, 6.07) is 0.630. The van der Waals surface area contributed by atoms with Crippen LogP contribution in [0.25, 0.3) is 0 Å². The van der Waals surface area contributed by atoms with E-state index in [1.165, 1.54) is 12.0 Å². The molecule has 0 N–H and O–H groups in total. The zero-order chi connectivity index (χ0) is 7.56. The summed E-state index contributed by atoms with van der Waals surface area (Å²) in [7, 11) is 2.13. The van der Waals surface area contributed by atoms with Crippen LogP contribution in [0.3, 0.4) is 0 Å². The van der Waals surface area contributed by atoms with Gasteiger partial charge in [-0.1, -0.05) is 18.6 Å². The van der Waals surface area contributed by atoms with Crippen LogP contribution in [0.5, 0.6) is 0 Å². The minimum absolute atomic E-state index is 0.630. The predicted molar refractivity (Wildman–Crippen MR) is 44.7 cm³/mol. The molecule has 0 bridgehead atoms. The monoisotopic (exact) mass is 137 g/mol. The average molecular weight is 137 g/mol. The lowest BCUT2D eigenvalue weighted by molar-refractivity contribution is 0.355. The van der Waals surface area contributed by atoms with Gasteiger partial charge in [0.25, 0.3) is 0 Å². The van der Waals surface area contributed by atoms with E-state index in [4.69, 9.17) is 0 Å². The lowest BCUT2D eigenvalue weighted by Crippen LogP contribution is -2.28. The molecule has 56 valence electrons. The summed E-state index contributed by atoms with van der Waals surface area (Å²) in [4.78, 5) is 2.26. The summed E-state index contributed by atoms with van der Waals surface area (Å²) in [6.45, 7) is 4.41. The van der Waals surface area contributed by atoms with Crippen molar-refractivity contribution in [2.24, 2.45) is 0 Å². The summed E-state index contributed by atoms with van der Waals surface area (Å²) in [5.74, 6) is 0. The first-order chi connectivity index (χ1) is 4.75. The van der Waals surface area contributed by atoms with E-state index in [1.807, 2.05) is 0 Å². The van der Waals surface area contributed by atoms with E-state index in [9.17, 15) is 0 Å². The van der Waals surface area contributed by atoms with Gasteiger partial charge in [-0.05, 0) is 25.6 Å². The first kappa shape index (κ1) is 7.39. The fourth-order valence-corrected chi connectivity index (χ4v) is 1.48. The van der Waals surface area contributed by atoms with Gasteiger partial charge < -0.3 is 4.90 Å². The normalized spacial score (nSPS) is 24.9. The van der Waals surface area contributed by atoms with E-state index in [-0.39, 0.29) is 0 Å². The Bertz CT molecular complexity index is 168. The Labute approximate surface area is 63.0 Å². The molecule has 10 heavy (non-hydrogen) atoms. The van der Waals surface area contributed by atoms with Gasteiger partial charge in [0.2, 0.25) is 0 Å². The molecule has 1 atom stereocenters. The Morgan fingerprint density at radius 1 is 1.60 bits per heavy atom. The third kappa shape index (κ3) is 1.23. The van der Waals surface area contributed by atoms with E-state index in [0.717, 1.165) is 0 Å². The molecule has 0 radical (unpaired) electrons. The molecule has 0 aromatic carbocycles. The third-order valence-corrected chi connectivity index (χ3v) is 2.08. The summed E-state index contributed by atoms with van der Waals surface area (Å²) < 4.78 is 0. The zero-order valence-electron chi connectivity index (χ0n) is 6.96. The number of hydrogen-bond acceptors (Lipinski definition) is 1. The fourth-order valence-electron chi connectivity index (χ4n) is 1.48. The highest BCUT2D eigenvalue weighted by molar-refractivity contribution is 5.20. The quantitative estimate of drug-likeness (QED) is 0.535. The van der Waals surface area contributed by atoms with Gasteiger partial charge >= 0.3 is 0 Å². The molecule has 0 spiro atoms. The highest BCUT2D eigenvalue weighted by Crippen LogP contribution is 2.16. The van der Waals surface area contributed by atoms with Gasteiger partial charge in [-0.15, -0.1) is 0 Å². The Morgan fingerprint density at radius 2 is 2.30 bits per heavy atom. The average Bonchev–Trinajstić information content (AvgIpc) is 1.88. The smallest absolute Gasteiger partial charge is 0.0491 e. The van der Waals surface area contributed by atoms with E-state index >= 15 is 0 Å². The van der Waals surface area contributed by atoms with Crippen LogP contribution in [-0.2, 0) is 0 Å². The van der Waals surface area contributed by atoms with Crippen LogP contribution in [0.1, 0.15) is 20.3 Å². The first-order valence-corrected chi connectivity index (χ1v) is 3.82. The van der Waals surface area contributed by atoms with Crippen LogP contribution in [0.15, 0.2) is 23.9 Å². The Morgan fingerprint density at radius 3 is 2.70 bits per heavy atom. The molecule has 1 heterocycles. The van der Waals surface area contributed by atoms with Gasteiger partial charge in [0.15, 0.2) is 0 Å². The molecule has 1 heteroatoms. The van der Waals surface area contributed by atoms with Gasteiger partial charge in [0, 0.05) is 13.1 Å². The Balaban J connectivity index is 2.71. The van der Waals surface area contributed by atoms with Crippen LogP contribution in [-0.4, -0.2) is 18.0 Å². The highest BCUT2D eigenvalue weighted by atomic mass is 15.1. The zero-order valence-corrected chi connectivity index (χ0v) is 6.96. The molecule has 1 nitrogen and oxygen atoms in total. The molecule has 1 unspecified atom stereocenters. The van der Waals surface area contributed by atoms with Crippen molar-refractivity contribution in [1.29, 1.82) is 0 Å². The molecular weight excluding hydrogens is 122 g/mol. The van der Waals surface area contributed by atoms with Crippen LogP contribution >= 0.6 is 0 Å². The Kier molecular flexibility index (Phi) is 2.15. The van der Waals surface area contributed by atoms with Gasteiger partial charge in [-0.25, -0.2) is 0 Å². The molecule has 0 amide bonds. The summed E-state index contributed by atoms with van der Waals surface area (Å²) >= 11 is 0. The molecule has 0 saturated carbocycles. The number of likely N-dealkylation sites (N-methyl/N-ethyl adjacent to an activating group) is 1. The number of hydrogen-bond donors (Lipinski definition) is 0. The maximum Gasteiger partial charge on any atom is 0.0491 e. The minimum atomic E-state index is 0.630. The topological polar surface area (TPSA) is 3.24 Å². The fraction of sp³-hybridized carbons (Fsp3) is 0.556. The molecule has 0 aliphatic carbocycles. The maximum atomic E-state index is 2.26. The van der Waals surface area contributed by atoms with Crippen molar-refractivity contribution in [2.75, 3.05) is 7.05 Å². The van der Waals surface area contributed by atoms with Crippen molar-refractivity contribution in [2.45, 2.75) is 26.3 Å². The molecule has 0 fully saturated rings. The second kappa shape index (κ2) is 2.91. The number of allylic oxidation sites excluding steroid dienone is 2. The summed E-state index contributed by atoms with van der Waals surface area (Å²) in [5.41, 5.74) is 1.47. The maximum absolute atomic E-state index is 2.26. The lowest BCUT2D eigenvalue weighted by atomic mass is 10.0. The number of nitrogens with zero attached hydrogens (tertiary/aromatic N) is 1. The molecule has 0 aromatic heterocycles. The van der Waals surface area contributed by atoms with Crippen LogP contribution in [0.2, 0.25) is 0 Å². The van der Waals surface area contributed by atoms with Crippen LogP contribution < -0.4 is 0 Å². The van der Waals surface area contributed by atoms with E-state index in [2.05, 4.69) is 44.1 Å². The van der Waals surface area contributed by atoms with E-state index in [1.54, 1.807) is 0 Å². The molecule has 0 saturated heterocycles. The van der Waals surface area contributed by atoms with Gasteiger partial charge in [-0.2, -0.15) is 0 Å². The van der Waals surface area contributed by atoms with Crippen molar-refractivity contribution in [3.63, 3.8) is 0 Å². The van der Waals surface area contributed by atoms with Crippen molar-refractivity contribution < 1.29 is 0 Å². The van der Waals surface area contributed by atoms with Gasteiger partial charge in [0.05, 0.1) is 0 Å². The first-order valence-electron chi connectivity index (χ1n) is 3.82. The van der Waals surface area contributed by atoms with Crippen molar-refractivity contribution >= 4 is 0 Å². The summed E-state index contributed by atoms with van der Waals surface area (Å²) in [5, 5.41) is 0. The second-order valence-electron chi connectivity index (χ2n) is 2.84. The van der Waals surface area contributed by atoms with Crippen LogP contribution in [0, 0.1) is 0 Å². The van der Waals surface area contributed by atoms with Crippen molar-refractivity contribution in [1.82, 2.24) is 4.90 Å². The molecular formula is C9H15N. The van der Waals surface area contributed by atoms with Crippen molar-refractivity contribution in [3.05, 3.63) is 23.9 Å². The standard InChI is InChI=1S/C9H15N/c1-4-9-8(2)6-5-7-10(9)3/h5-7,9H,4H2,1-3H3. The van der Waals surface area contributed by atoms with E-state index < -0.39 is 0 Å². The predicted octanol–water partition coefficient (Wildman–Crippen LogP) is 2.17. The van der Waals surface area contributed by atoms with E-state index in [0.29, 0.717) is 6.04 Å². The van der Waals surface area contributed by atoms with Gasteiger partial charge in [-0.3, -0.25) is 0 Å². The highest BCUT2D eigenvalue weighted by Gasteiger charge is 2.12. The molecule has 1 aliphatic rings. The van der Waals surface area contributed by atoms with Gasteiger partial charge in [0.1, 0.15) is 0 Å². The number of rotatable bonds is 1. The molecule has 0 aromatic rings. The van der Waals surface area contributed by atoms with Crippen molar-refractivity contribution in [3.8, 4) is 0 Å². The largest absolute Gasteiger partial charge is 0.374 e. The minimum Gasteiger partial charge on any atom is -0.374 e. The van der Waals surface area contributed by atoms with Crippen LogP contribution in [0.4, 0.5) is 0 Å². The SMILES string of the molecule is CCC1C(C)=CC=CN1C. The Hall–Kier alpha value is -0.720. The third-order valence-electron chi connectivity index (χ3n) is 2.08. The second-order valence-corrected chi connectivity index (χ2v) is 2.84.